The summed E-state index contributed by atoms with van der Waals surface area (Å²) >= 11 is 0. The Morgan fingerprint density at radius 1 is 0.946 bits per heavy atom. The summed E-state index contributed by atoms with van der Waals surface area (Å²) < 4.78 is 38.2. The predicted octanol–water partition coefficient (Wildman–Crippen LogP) is 4.61. The van der Waals surface area contributed by atoms with Gasteiger partial charge >= 0.3 is 0 Å². The zero-order valence-corrected chi connectivity index (χ0v) is 20.5. The molecule has 37 heavy (non-hydrogen) atoms. The standard InChI is InChI=1S/C29H28F2N2O4/c1-19-28(20-2-4-21(30)5-3-20)29(35)26-11-10-25(16-27(26)37-19)36-18-24(34)17-32-12-14-33(15-13-32)23-8-6-22(31)7-9-23/h2-11,16,24,34H,12-15,17-18H2,1H3/t24-/m0/s1. The summed E-state index contributed by atoms with van der Waals surface area (Å²) in [7, 11) is 0. The number of aliphatic hydroxyl groups is 1. The third kappa shape index (κ3) is 5.65. The molecule has 2 heterocycles. The van der Waals surface area contributed by atoms with Gasteiger partial charge in [0, 0.05) is 44.5 Å². The number of anilines is 1. The molecule has 0 bridgehead atoms. The quantitative estimate of drug-likeness (QED) is 0.395. The number of ether oxygens (including phenoxy) is 1. The van der Waals surface area contributed by atoms with Crippen molar-refractivity contribution in [1.82, 2.24) is 4.90 Å². The van der Waals surface area contributed by atoms with Gasteiger partial charge in [0.2, 0.25) is 5.43 Å². The minimum absolute atomic E-state index is 0.0978. The van der Waals surface area contributed by atoms with Crippen LogP contribution in [0.3, 0.4) is 0 Å². The van der Waals surface area contributed by atoms with E-state index in [1.165, 1.54) is 24.3 Å². The smallest absolute Gasteiger partial charge is 0.200 e. The van der Waals surface area contributed by atoms with Crippen molar-refractivity contribution in [2.75, 3.05) is 44.2 Å². The molecule has 0 unspecified atom stereocenters. The van der Waals surface area contributed by atoms with Gasteiger partial charge in [0.1, 0.15) is 41.4 Å². The first-order chi connectivity index (χ1) is 17.9. The van der Waals surface area contributed by atoms with E-state index in [9.17, 15) is 18.7 Å². The third-order valence-corrected chi connectivity index (χ3v) is 6.65. The van der Waals surface area contributed by atoms with Crippen LogP contribution in [0.4, 0.5) is 14.5 Å². The first-order valence-electron chi connectivity index (χ1n) is 12.2. The Bertz CT molecular complexity index is 1430. The van der Waals surface area contributed by atoms with Crippen molar-refractivity contribution in [3.8, 4) is 16.9 Å². The topological polar surface area (TPSA) is 66.2 Å². The van der Waals surface area contributed by atoms with Crippen LogP contribution in [-0.4, -0.2) is 55.4 Å². The molecule has 0 saturated carbocycles. The molecule has 1 N–H and O–H groups in total. The number of fused-ring (bicyclic) bond motifs is 1. The number of β-amino-alcohol motifs (C(OH)–C–C–N with tert-alkyl or cyclic N) is 1. The number of hydrogen-bond donors (Lipinski definition) is 1. The Hall–Kier alpha value is -3.75. The Kier molecular flexibility index (Phi) is 7.21. The maximum Gasteiger partial charge on any atom is 0.200 e. The van der Waals surface area contributed by atoms with Crippen LogP contribution >= 0.6 is 0 Å². The molecule has 0 spiro atoms. The second-order valence-corrected chi connectivity index (χ2v) is 9.26. The van der Waals surface area contributed by atoms with Crippen molar-refractivity contribution in [1.29, 1.82) is 0 Å². The highest BCUT2D eigenvalue weighted by molar-refractivity contribution is 5.83. The lowest BCUT2D eigenvalue weighted by atomic mass is 10.0. The van der Waals surface area contributed by atoms with E-state index in [-0.39, 0.29) is 23.7 Å². The Labute approximate surface area is 213 Å². The van der Waals surface area contributed by atoms with Crippen molar-refractivity contribution >= 4 is 16.7 Å². The Morgan fingerprint density at radius 3 is 2.27 bits per heavy atom. The molecule has 8 heteroatoms. The van der Waals surface area contributed by atoms with Gasteiger partial charge in [-0.15, -0.1) is 0 Å². The summed E-state index contributed by atoms with van der Waals surface area (Å²) in [6, 6.07) is 17.2. The Morgan fingerprint density at radius 2 is 1.59 bits per heavy atom. The molecule has 6 nitrogen and oxygen atoms in total. The maximum absolute atomic E-state index is 13.3. The molecule has 1 aromatic heterocycles. The minimum atomic E-state index is -0.692. The molecule has 1 aliphatic rings. The van der Waals surface area contributed by atoms with Crippen LogP contribution in [0.2, 0.25) is 0 Å². The molecule has 0 radical (unpaired) electrons. The molecular formula is C29H28F2N2O4. The molecule has 1 atom stereocenters. The van der Waals surface area contributed by atoms with E-state index in [1.807, 2.05) is 0 Å². The van der Waals surface area contributed by atoms with Crippen molar-refractivity contribution < 1.29 is 23.0 Å². The zero-order valence-electron chi connectivity index (χ0n) is 20.5. The van der Waals surface area contributed by atoms with Crippen LogP contribution in [0.1, 0.15) is 5.76 Å². The van der Waals surface area contributed by atoms with Crippen molar-refractivity contribution in [3.63, 3.8) is 0 Å². The van der Waals surface area contributed by atoms with Gasteiger partial charge in [-0.3, -0.25) is 9.69 Å². The summed E-state index contributed by atoms with van der Waals surface area (Å²) in [6.45, 7) is 5.42. The fourth-order valence-electron chi connectivity index (χ4n) is 4.71. The normalized spacial score (nSPS) is 15.2. The van der Waals surface area contributed by atoms with Crippen LogP contribution in [-0.2, 0) is 0 Å². The van der Waals surface area contributed by atoms with Crippen LogP contribution in [0.25, 0.3) is 22.1 Å². The first kappa shape index (κ1) is 24.9. The molecule has 4 aromatic rings. The third-order valence-electron chi connectivity index (χ3n) is 6.65. The highest BCUT2D eigenvalue weighted by Gasteiger charge is 2.20. The van der Waals surface area contributed by atoms with E-state index in [4.69, 9.17) is 9.15 Å². The molecule has 3 aromatic carbocycles. The predicted molar refractivity (Wildman–Crippen MR) is 139 cm³/mol. The maximum atomic E-state index is 13.3. The van der Waals surface area contributed by atoms with Crippen LogP contribution in [0.5, 0.6) is 5.75 Å². The molecule has 1 aliphatic heterocycles. The molecule has 0 amide bonds. The average molecular weight is 507 g/mol. The molecule has 1 fully saturated rings. The number of piperazine rings is 1. The highest BCUT2D eigenvalue weighted by atomic mass is 19.1. The van der Waals surface area contributed by atoms with Gasteiger partial charge in [-0.1, -0.05) is 12.1 Å². The van der Waals surface area contributed by atoms with Gasteiger partial charge in [-0.2, -0.15) is 0 Å². The lowest BCUT2D eigenvalue weighted by Crippen LogP contribution is -2.49. The zero-order chi connectivity index (χ0) is 25.9. The van der Waals surface area contributed by atoms with Gasteiger partial charge in [0.05, 0.1) is 10.9 Å². The fourth-order valence-corrected chi connectivity index (χ4v) is 4.71. The largest absolute Gasteiger partial charge is 0.491 e. The summed E-state index contributed by atoms with van der Waals surface area (Å²) in [5.41, 5.74) is 2.18. The van der Waals surface area contributed by atoms with E-state index in [2.05, 4.69) is 9.80 Å². The molecule has 5 rings (SSSR count). The number of hydrogen-bond acceptors (Lipinski definition) is 6. The van der Waals surface area contributed by atoms with E-state index < -0.39 is 6.10 Å². The molecule has 192 valence electrons. The van der Waals surface area contributed by atoms with E-state index in [0.29, 0.717) is 40.2 Å². The summed E-state index contributed by atoms with van der Waals surface area (Å²) in [5, 5.41) is 10.9. The van der Waals surface area contributed by atoms with Crippen LogP contribution in [0.15, 0.2) is 75.9 Å². The van der Waals surface area contributed by atoms with Gasteiger partial charge in [-0.05, 0) is 61.0 Å². The number of halogens is 2. The SMILES string of the molecule is Cc1oc2cc(OC[C@@H](O)CN3CCN(c4ccc(F)cc4)CC3)ccc2c(=O)c1-c1ccc(F)cc1. The lowest BCUT2D eigenvalue weighted by Gasteiger charge is -2.36. The van der Waals surface area contributed by atoms with Crippen LogP contribution in [0, 0.1) is 18.6 Å². The molecular weight excluding hydrogens is 478 g/mol. The van der Waals surface area contributed by atoms with Crippen molar-refractivity contribution in [2.45, 2.75) is 13.0 Å². The van der Waals surface area contributed by atoms with Crippen molar-refractivity contribution in [3.05, 3.63) is 94.3 Å². The van der Waals surface area contributed by atoms with Gasteiger partial charge in [0.15, 0.2) is 0 Å². The summed E-state index contributed by atoms with van der Waals surface area (Å²) in [6.07, 6.45) is -0.692. The lowest BCUT2D eigenvalue weighted by molar-refractivity contribution is 0.0663. The fraction of sp³-hybridized carbons (Fsp3) is 0.276. The minimum Gasteiger partial charge on any atom is -0.491 e. The second-order valence-electron chi connectivity index (χ2n) is 9.26. The highest BCUT2D eigenvalue weighted by Crippen LogP contribution is 2.27. The number of benzene rings is 3. The van der Waals surface area contributed by atoms with E-state index in [1.54, 1.807) is 49.4 Å². The average Bonchev–Trinajstić information content (AvgIpc) is 2.89. The second kappa shape index (κ2) is 10.7. The molecule has 1 saturated heterocycles. The Balaban J connectivity index is 1.18. The number of aryl methyl sites for hydroxylation is 1. The van der Waals surface area contributed by atoms with E-state index in [0.717, 1.165) is 31.9 Å². The number of rotatable bonds is 7. The molecule has 0 aliphatic carbocycles. The monoisotopic (exact) mass is 506 g/mol. The van der Waals surface area contributed by atoms with Gasteiger partial charge in [-0.25, -0.2) is 8.78 Å². The first-order valence-corrected chi connectivity index (χ1v) is 12.2. The summed E-state index contributed by atoms with van der Waals surface area (Å²) in [4.78, 5) is 17.5. The van der Waals surface area contributed by atoms with E-state index >= 15 is 0 Å². The number of aliphatic hydroxyl groups excluding tert-OH is 1. The van der Waals surface area contributed by atoms with Crippen molar-refractivity contribution in [2.24, 2.45) is 0 Å². The van der Waals surface area contributed by atoms with Gasteiger partial charge in [0.25, 0.3) is 0 Å². The van der Waals surface area contributed by atoms with Gasteiger partial charge < -0.3 is 19.2 Å². The van der Waals surface area contributed by atoms with Crippen LogP contribution < -0.4 is 15.1 Å². The number of nitrogens with zero attached hydrogens (tertiary/aromatic N) is 2. The summed E-state index contributed by atoms with van der Waals surface area (Å²) in [5.74, 6) is 0.303.